The standard InChI is InChI=1S/C26H42O2.C25H39O3P/c1-16-10-12-25(4)19(14-16)15-23(28)24-21-9-8-20(17(2)6-7-18(3)27)26(21,5)13-11-22(24)25;1-15-9-11-24(3)17(13-15)14-21(26)23-19-7-6-18(16(2)5-8-22(27)28-29)25(19,4)12-10-20(23)24/h15-17,20-24,28H,6-14H2,1-5H3;14-16,18-20,23H,5-13,29H2,1-4H3/t16-,17-,20-,21?,22?,23+,24?,25+,26-;15-,16-,18-,19?,20?,23?,24+,25-/m11/s1. The van der Waals surface area contributed by atoms with Crippen molar-refractivity contribution in [3.8, 4) is 0 Å². The molecule has 8 rings (SSSR count). The molecule has 1 N–H and O–H groups in total. The topological polar surface area (TPSA) is 80.7 Å². The number of allylic oxidation sites excluding steroid dienone is 3. The molecule has 8 aliphatic rings. The summed E-state index contributed by atoms with van der Waals surface area (Å²) in [6.07, 6.45) is 24.9. The van der Waals surface area contributed by atoms with Crippen molar-refractivity contribution < 1.29 is 24.0 Å². The van der Waals surface area contributed by atoms with E-state index in [1.54, 1.807) is 12.5 Å². The van der Waals surface area contributed by atoms with Gasteiger partial charge in [0.2, 0.25) is 0 Å². The Hall–Kier alpha value is -1.32. The van der Waals surface area contributed by atoms with E-state index in [4.69, 9.17) is 4.52 Å². The molecule has 6 heteroatoms. The first kappa shape index (κ1) is 43.8. The van der Waals surface area contributed by atoms with Crippen molar-refractivity contribution in [3.05, 3.63) is 23.3 Å². The van der Waals surface area contributed by atoms with Crippen LogP contribution < -0.4 is 0 Å². The molecule has 0 aromatic carbocycles. The molecular weight excluding hydrogens is 724 g/mol. The SMILES string of the molecule is CC(=O)CC[C@@H](C)[C@H]1CCC2C3C(CC[C@@]21C)[C@@]1(C)CC[C@@H](C)CC1=C[C@@H]3O.C[C@@H]1CC[C@@]2(C)C(=CC(=O)C3C2CC[C@@]2(C)C3CC[C@@H]2[C@H](C)CCC(=O)OP)C1. The van der Waals surface area contributed by atoms with Crippen LogP contribution in [0.4, 0.5) is 0 Å². The Morgan fingerprint density at radius 3 is 1.86 bits per heavy atom. The maximum Gasteiger partial charge on any atom is 0.307 e. The molecule has 0 spiro atoms. The third-order valence-corrected chi connectivity index (χ3v) is 20.2. The number of hydrogen-bond donors (Lipinski definition) is 1. The molecule has 6 fully saturated rings. The number of carbonyl (C=O) groups excluding carboxylic acids is 3. The van der Waals surface area contributed by atoms with Gasteiger partial charge in [-0.05, 0) is 202 Å². The lowest BCUT2D eigenvalue weighted by Gasteiger charge is -2.59. The minimum Gasteiger partial charge on any atom is -0.452 e. The zero-order valence-corrected chi connectivity index (χ0v) is 38.7. The van der Waals surface area contributed by atoms with Gasteiger partial charge in [-0.2, -0.15) is 0 Å². The van der Waals surface area contributed by atoms with Crippen LogP contribution in [0, 0.1) is 92.7 Å². The number of ketones is 2. The van der Waals surface area contributed by atoms with Gasteiger partial charge in [0.25, 0.3) is 0 Å². The van der Waals surface area contributed by atoms with Crippen molar-refractivity contribution in [1.82, 2.24) is 0 Å². The van der Waals surface area contributed by atoms with E-state index in [1.807, 2.05) is 0 Å². The van der Waals surface area contributed by atoms with E-state index < -0.39 is 0 Å². The van der Waals surface area contributed by atoms with E-state index in [0.29, 0.717) is 76.2 Å². The molecule has 0 saturated heterocycles. The van der Waals surface area contributed by atoms with Gasteiger partial charge in [-0.15, -0.1) is 0 Å². The third kappa shape index (κ3) is 7.67. The van der Waals surface area contributed by atoms with Gasteiger partial charge in [0.05, 0.1) is 15.6 Å². The molecule has 0 radical (unpaired) electrons. The number of aliphatic hydroxyl groups is 1. The van der Waals surface area contributed by atoms with Crippen molar-refractivity contribution in [3.63, 3.8) is 0 Å². The molecule has 5 nitrogen and oxygen atoms in total. The van der Waals surface area contributed by atoms with E-state index in [2.05, 4.69) is 77.0 Å². The average Bonchev–Trinajstić information content (AvgIpc) is 3.71. The Bertz CT molecular complexity index is 1600. The van der Waals surface area contributed by atoms with Gasteiger partial charge in [0.1, 0.15) is 5.78 Å². The zero-order chi connectivity index (χ0) is 41.2. The summed E-state index contributed by atoms with van der Waals surface area (Å²) in [5.41, 5.74) is 4.21. The van der Waals surface area contributed by atoms with Crippen LogP contribution >= 0.6 is 9.47 Å². The van der Waals surface area contributed by atoms with Crippen molar-refractivity contribution >= 4 is 27.0 Å². The van der Waals surface area contributed by atoms with Crippen molar-refractivity contribution in [2.45, 2.75) is 184 Å². The quantitative estimate of drug-likeness (QED) is 0.195. The fourth-order valence-corrected chi connectivity index (χ4v) is 16.7. The van der Waals surface area contributed by atoms with Crippen LogP contribution in [0.5, 0.6) is 0 Å². The average molecular weight is 805 g/mol. The first-order chi connectivity index (χ1) is 26.9. The lowest BCUT2D eigenvalue weighted by Crippen LogP contribution is -2.54. The highest BCUT2D eigenvalue weighted by atomic mass is 31.0. The first-order valence-electron chi connectivity index (χ1n) is 23.9. The van der Waals surface area contributed by atoms with E-state index in [0.717, 1.165) is 43.4 Å². The van der Waals surface area contributed by atoms with E-state index in [-0.39, 0.29) is 28.8 Å². The maximum absolute atomic E-state index is 13.4. The summed E-state index contributed by atoms with van der Waals surface area (Å²) in [6, 6.07) is 0. The zero-order valence-electron chi connectivity index (χ0n) is 37.5. The van der Waals surface area contributed by atoms with Crippen LogP contribution in [-0.2, 0) is 18.9 Å². The maximum atomic E-state index is 13.4. The lowest BCUT2D eigenvalue weighted by atomic mass is 9.46. The van der Waals surface area contributed by atoms with Crippen molar-refractivity contribution in [2.24, 2.45) is 92.7 Å². The van der Waals surface area contributed by atoms with Gasteiger partial charge >= 0.3 is 5.97 Å². The van der Waals surface area contributed by atoms with Crippen LogP contribution in [0.25, 0.3) is 0 Å². The van der Waals surface area contributed by atoms with Gasteiger partial charge in [-0.1, -0.05) is 72.6 Å². The van der Waals surface area contributed by atoms with Crippen LogP contribution in [0.2, 0.25) is 0 Å². The van der Waals surface area contributed by atoms with Gasteiger partial charge < -0.3 is 14.4 Å². The third-order valence-electron chi connectivity index (χ3n) is 20.0. The largest absolute Gasteiger partial charge is 0.452 e. The van der Waals surface area contributed by atoms with Crippen LogP contribution in [0.15, 0.2) is 23.3 Å². The molecule has 0 heterocycles. The van der Waals surface area contributed by atoms with Crippen molar-refractivity contribution in [1.29, 1.82) is 0 Å². The molecule has 0 aromatic heterocycles. The second-order valence-corrected chi connectivity index (χ2v) is 23.2. The molecular formula is C51H81O5P. The molecule has 0 aromatic rings. The van der Waals surface area contributed by atoms with E-state index >= 15 is 0 Å². The highest BCUT2D eigenvalue weighted by Crippen LogP contribution is 2.69. The van der Waals surface area contributed by atoms with Crippen LogP contribution in [-0.4, -0.2) is 28.7 Å². The summed E-state index contributed by atoms with van der Waals surface area (Å²) in [4.78, 5) is 36.5. The van der Waals surface area contributed by atoms with Crippen molar-refractivity contribution in [2.75, 3.05) is 0 Å². The number of fused-ring (bicyclic) bond motifs is 10. The summed E-state index contributed by atoms with van der Waals surface area (Å²) < 4.78 is 4.78. The molecule has 0 bridgehead atoms. The highest BCUT2D eigenvalue weighted by Gasteiger charge is 2.63. The number of carbonyl (C=O) groups is 3. The molecule has 6 saturated carbocycles. The molecule has 0 amide bonds. The minimum absolute atomic E-state index is 0.134. The second-order valence-electron chi connectivity index (χ2n) is 23.0. The molecule has 7 unspecified atom stereocenters. The predicted octanol–water partition coefficient (Wildman–Crippen LogP) is 12.3. The Balaban J connectivity index is 0.000000174. The van der Waals surface area contributed by atoms with Gasteiger partial charge in [-0.25, -0.2) is 0 Å². The molecule has 57 heavy (non-hydrogen) atoms. The Morgan fingerprint density at radius 2 is 1.26 bits per heavy atom. The summed E-state index contributed by atoms with van der Waals surface area (Å²) in [5, 5.41) is 11.3. The molecule has 0 aliphatic heterocycles. The molecule has 8 aliphatic carbocycles. The number of aliphatic hydroxyl groups excluding tert-OH is 1. The highest BCUT2D eigenvalue weighted by molar-refractivity contribution is 7.10. The van der Waals surface area contributed by atoms with Crippen LogP contribution in [0.3, 0.4) is 0 Å². The fraction of sp³-hybridized carbons (Fsp3) is 0.863. The van der Waals surface area contributed by atoms with Gasteiger partial charge in [0, 0.05) is 18.8 Å². The first-order valence-corrected chi connectivity index (χ1v) is 24.4. The predicted molar refractivity (Wildman–Crippen MR) is 234 cm³/mol. The molecule has 18 atom stereocenters. The number of hydrogen-bond acceptors (Lipinski definition) is 5. The minimum atomic E-state index is -0.241. The smallest absolute Gasteiger partial charge is 0.307 e. The number of rotatable bonds is 8. The Morgan fingerprint density at radius 1 is 0.737 bits per heavy atom. The fourth-order valence-electron chi connectivity index (χ4n) is 16.6. The summed E-state index contributed by atoms with van der Waals surface area (Å²) in [5.74, 6) is 7.63. The number of Topliss-reactive ketones (excluding diaryl/α,β-unsaturated/α-hetero) is 1. The summed E-state index contributed by atoms with van der Waals surface area (Å²) in [6.45, 7) is 21.1. The Kier molecular flexibility index (Phi) is 12.7. The lowest BCUT2D eigenvalue weighted by molar-refractivity contribution is -0.135. The summed E-state index contributed by atoms with van der Waals surface area (Å²) >= 11 is 0. The van der Waals surface area contributed by atoms with E-state index in [9.17, 15) is 19.5 Å². The summed E-state index contributed by atoms with van der Waals surface area (Å²) in [7, 11) is 2.07. The Labute approximate surface area is 349 Å². The monoisotopic (exact) mass is 805 g/mol. The second kappa shape index (κ2) is 16.5. The normalized spacial score (nSPS) is 46.9. The van der Waals surface area contributed by atoms with E-state index in [1.165, 1.54) is 89.0 Å². The molecule has 320 valence electrons. The van der Waals surface area contributed by atoms with Crippen LogP contribution in [0.1, 0.15) is 178 Å². The van der Waals surface area contributed by atoms with Gasteiger partial charge in [-0.3, -0.25) is 9.59 Å². The van der Waals surface area contributed by atoms with Gasteiger partial charge in [0.15, 0.2) is 5.78 Å².